The van der Waals surface area contributed by atoms with Gasteiger partial charge in [-0.1, -0.05) is 19.8 Å². The van der Waals surface area contributed by atoms with Crippen LogP contribution in [0.25, 0.3) is 0 Å². The number of carbonyl (C=O) groups is 1. The molecule has 3 heteroatoms. The van der Waals surface area contributed by atoms with Gasteiger partial charge in [0, 0.05) is 18.8 Å². The van der Waals surface area contributed by atoms with E-state index in [-0.39, 0.29) is 0 Å². The lowest BCUT2D eigenvalue weighted by atomic mass is 10.2. The summed E-state index contributed by atoms with van der Waals surface area (Å²) in [6.07, 6.45) is 6.04. The van der Waals surface area contributed by atoms with Crippen molar-refractivity contribution < 1.29 is 9.90 Å². The summed E-state index contributed by atoms with van der Waals surface area (Å²) in [5.41, 5.74) is 0. The van der Waals surface area contributed by atoms with Crippen molar-refractivity contribution in [2.75, 3.05) is 6.54 Å². The number of hydrogen-bond donors (Lipinski definition) is 2. The number of hydrogen-bond acceptors (Lipinski definition) is 2. The van der Waals surface area contributed by atoms with Crippen molar-refractivity contribution in [1.29, 1.82) is 0 Å². The third kappa shape index (κ3) is 9.01. The highest BCUT2D eigenvalue weighted by Gasteiger charge is 1.84. The molecule has 0 heterocycles. The van der Waals surface area contributed by atoms with Gasteiger partial charge >= 0.3 is 5.97 Å². The van der Waals surface area contributed by atoms with Gasteiger partial charge in [0.2, 0.25) is 0 Å². The molecule has 0 aromatic carbocycles. The van der Waals surface area contributed by atoms with Gasteiger partial charge in [-0.3, -0.25) is 0 Å². The summed E-state index contributed by atoms with van der Waals surface area (Å²) in [7, 11) is 0. The summed E-state index contributed by atoms with van der Waals surface area (Å²) in [5.74, 6) is -0.909. The second-order valence-corrected chi connectivity index (χ2v) is 2.33. The van der Waals surface area contributed by atoms with Gasteiger partial charge in [-0.2, -0.15) is 0 Å². The summed E-state index contributed by atoms with van der Waals surface area (Å²) in [4.78, 5) is 9.96. The summed E-state index contributed by atoms with van der Waals surface area (Å²) in [6.45, 7) is 2.99. The van der Waals surface area contributed by atoms with Crippen molar-refractivity contribution in [2.45, 2.75) is 26.2 Å². The summed E-state index contributed by atoms with van der Waals surface area (Å²) in [5, 5.41) is 11.1. The summed E-state index contributed by atoms with van der Waals surface area (Å²) < 4.78 is 0. The molecule has 0 aliphatic rings. The molecular formula is C8H15NO2. The maximum absolute atomic E-state index is 9.96. The first-order chi connectivity index (χ1) is 5.27. The Kier molecular flexibility index (Phi) is 6.48. The van der Waals surface area contributed by atoms with Gasteiger partial charge in [0.15, 0.2) is 0 Å². The number of rotatable bonds is 6. The van der Waals surface area contributed by atoms with Crippen LogP contribution in [-0.4, -0.2) is 17.6 Å². The van der Waals surface area contributed by atoms with Crippen molar-refractivity contribution in [1.82, 2.24) is 5.32 Å². The Bertz CT molecular complexity index is 132. The standard InChI is InChI=1S/C8H15NO2/c1-2-3-4-6-9-7-5-8(10)11/h5,7,9H,2-4,6H2,1H3,(H,10,11)/b7-5+. The van der Waals surface area contributed by atoms with Gasteiger partial charge in [0.05, 0.1) is 0 Å². The molecular weight excluding hydrogens is 142 g/mol. The molecule has 0 aromatic heterocycles. The highest BCUT2D eigenvalue weighted by Crippen LogP contribution is 1.90. The van der Waals surface area contributed by atoms with Gasteiger partial charge in [-0.15, -0.1) is 0 Å². The van der Waals surface area contributed by atoms with E-state index < -0.39 is 5.97 Å². The number of nitrogens with one attached hydrogen (secondary N) is 1. The molecule has 0 aliphatic heterocycles. The van der Waals surface area contributed by atoms with Crippen LogP contribution in [0.2, 0.25) is 0 Å². The van der Waals surface area contributed by atoms with Gasteiger partial charge < -0.3 is 10.4 Å². The fourth-order valence-corrected chi connectivity index (χ4v) is 0.691. The van der Waals surface area contributed by atoms with E-state index in [1.54, 1.807) is 0 Å². The first kappa shape index (κ1) is 10.0. The molecule has 0 aliphatic carbocycles. The third-order valence-electron chi connectivity index (χ3n) is 1.27. The fraction of sp³-hybridized carbons (Fsp3) is 0.625. The van der Waals surface area contributed by atoms with Gasteiger partial charge in [0.1, 0.15) is 0 Å². The predicted octanol–water partition coefficient (Wildman–Crippen LogP) is 1.36. The second kappa shape index (κ2) is 7.12. The average Bonchev–Trinajstić information content (AvgIpc) is 1.96. The Labute approximate surface area is 67.1 Å². The topological polar surface area (TPSA) is 49.3 Å². The molecule has 11 heavy (non-hydrogen) atoms. The van der Waals surface area contributed by atoms with E-state index in [4.69, 9.17) is 5.11 Å². The zero-order valence-corrected chi connectivity index (χ0v) is 6.84. The van der Waals surface area contributed by atoms with E-state index in [1.807, 2.05) is 0 Å². The molecule has 0 saturated carbocycles. The molecule has 0 saturated heterocycles. The summed E-state index contributed by atoms with van der Waals surface area (Å²) in [6, 6.07) is 0. The van der Waals surface area contributed by atoms with E-state index in [1.165, 1.54) is 19.0 Å². The van der Waals surface area contributed by atoms with Crippen LogP contribution in [0.3, 0.4) is 0 Å². The quantitative estimate of drug-likeness (QED) is 0.452. The van der Waals surface area contributed by atoms with E-state index in [0.29, 0.717) is 0 Å². The predicted molar refractivity (Wildman–Crippen MR) is 44.3 cm³/mol. The second-order valence-electron chi connectivity index (χ2n) is 2.33. The van der Waals surface area contributed by atoms with E-state index >= 15 is 0 Å². The smallest absolute Gasteiger partial charge is 0.329 e. The van der Waals surface area contributed by atoms with Crippen molar-refractivity contribution >= 4 is 5.97 Å². The normalized spacial score (nSPS) is 10.3. The number of carboxylic acid groups (broad SMARTS) is 1. The van der Waals surface area contributed by atoms with Crippen LogP contribution in [0, 0.1) is 0 Å². The Morgan fingerprint density at radius 2 is 2.27 bits per heavy atom. The molecule has 2 N–H and O–H groups in total. The minimum absolute atomic E-state index is 0.859. The van der Waals surface area contributed by atoms with Crippen molar-refractivity contribution in [3.8, 4) is 0 Å². The summed E-state index contributed by atoms with van der Waals surface area (Å²) >= 11 is 0. The van der Waals surface area contributed by atoms with Gasteiger partial charge in [-0.05, 0) is 6.42 Å². The Morgan fingerprint density at radius 1 is 1.55 bits per heavy atom. The Hall–Kier alpha value is -0.990. The zero-order chi connectivity index (χ0) is 8.53. The minimum Gasteiger partial charge on any atom is -0.478 e. The van der Waals surface area contributed by atoms with Crippen molar-refractivity contribution in [2.24, 2.45) is 0 Å². The zero-order valence-electron chi connectivity index (χ0n) is 6.84. The lowest BCUT2D eigenvalue weighted by Gasteiger charge is -1.97. The monoisotopic (exact) mass is 157 g/mol. The largest absolute Gasteiger partial charge is 0.478 e. The van der Waals surface area contributed by atoms with Gasteiger partial charge in [0.25, 0.3) is 0 Å². The Morgan fingerprint density at radius 3 is 2.82 bits per heavy atom. The molecule has 0 atom stereocenters. The van der Waals surface area contributed by atoms with Gasteiger partial charge in [-0.25, -0.2) is 4.79 Å². The van der Waals surface area contributed by atoms with E-state index in [9.17, 15) is 4.79 Å². The third-order valence-corrected chi connectivity index (χ3v) is 1.27. The lowest BCUT2D eigenvalue weighted by Crippen LogP contribution is -2.07. The average molecular weight is 157 g/mol. The van der Waals surface area contributed by atoms with Crippen LogP contribution < -0.4 is 5.32 Å². The molecule has 0 spiro atoms. The molecule has 3 nitrogen and oxygen atoms in total. The maximum atomic E-state index is 9.96. The van der Waals surface area contributed by atoms with Crippen molar-refractivity contribution in [3.63, 3.8) is 0 Å². The number of carboxylic acids is 1. The molecule has 0 aromatic rings. The van der Waals surface area contributed by atoms with Crippen LogP contribution in [0.5, 0.6) is 0 Å². The highest BCUT2D eigenvalue weighted by molar-refractivity contribution is 5.79. The molecule has 0 rings (SSSR count). The van der Waals surface area contributed by atoms with E-state index in [0.717, 1.165) is 19.0 Å². The van der Waals surface area contributed by atoms with E-state index in [2.05, 4.69) is 12.2 Å². The lowest BCUT2D eigenvalue weighted by molar-refractivity contribution is -0.131. The molecule has 0 radical (unpaired) electrons. The Balaban J connectivity index is 3.07. The first-order valence-corrected chi connectivity index (χ1v) is 3.90. The van der Waals surface area contributed by atoms with Crippen LogP contribution in [-0.2, 0) is 4.79 Å². The number of aliphatic carboxylic acids is 1. The molecule has 0 bridgehead atoms. The fourth-order valence-electron chi connectivity index (χ4n) is 0.691. The van der Waals surface area contributed by atoms with Crippen LogP contribution >= 0.6 is 0 Å². The van der Waals surface area contributed by atoms with Crippen LogP contribution in [0.1, 0.15) is 26.2 Å². The molecule has 0 amide bonds. The first-order valence-electron chi connectivity index (χ1n) is 3.90. The molecule has 0 fully saturated rings. The molecule has 64 valence electrons. The SMILES string of the molecule is CCCCCN/C=C/C(=O)O. The minimum atomic E-state index is -0.909. The number of unbranched alkanes of at least 4 members (excludes halogenated alkanes) is 2. The van der Waals surface area contributed by atoms with Crippen LogP contribution in [0.15, 0.2) is 12.3 Å². The molecule has 0 unspecified atom stereocenters. The van der Waals surface area contributed by atoms with Crippen molar-refractivity contribution in [3.05, 3.63) is 12.3 Å². The highest BCUT2D eigenvalue weighted by atomic mass is 16.4. The van der Waals surface area contributed by atoms with Crippen LogP contribution in [0.4, 0.5) is 0 Å². The maximum Gasteiger partial charge on any atom is 0.329 e.